The van der Waals surface area contributed by atoms with Gasteiger partial charge in [0.05, 0.1) is 0 Å². The van der Waals surface area contributed by atoms with Crippen LogP contribution in [0.3, 0.4) is 0 Å². The van der Waals surface area contributed by atoms with Gasteiger partial charge in [-0.05, 0) is 37.9 Å². The predicted octanol–water partition coefficient (Wildman–Crippen LogP) is 5.20. The van der Waals surface area contributed by atoms with Gasteiger partial charge in [-0.1, -0.05) is 29.7 Å². The number of hydrogen-bond donors (Lipinski definition) is 1. The van der Waals surface area contributed by atoms with E-state index in [-0.39, 0.29) is 29.7 Å². The van der Waals surface area contributed by atoms with Crippen LogP contribution >= 0.6 is 12.6 Å². The average molecular weight is 365 g/mol. The monoisotopic (exact) mass is 364 g/mol. The number of thiol groups is 1. The number of rotatable bonds is 7. The zero-order valence-electron chi connectivity index (χ0n) is 12.2. The summed E-state index contributed by atoms with van der Waals surface area (Å²) in [5, 5.41) is 0. The highest BCUT2D eigenvalue weighted by atomic mass is 32.1. The van der Waals surface area contributed by atoms with E-state index >= 15 is 0 Å². The Kier molecular flexibility index (Phi) is 37.0. The van der Waals surface area contributed by atoms with Crippen LogP contribution in [0.2, 0.25) is 25.7 Å². The van der Waals surface area contributed by atoms with Crippen molar-refractivity contribution in [3.63, 3.8) is 0 Å². The normalized spacial score (nSPS) is 9.71. The molecule has 0 aromatic carbocycles. The largest absolute Gasteiger partial charge is 0.398 e. The van der Waals surface area contributed by atoms with Crippen molar-refractivity contribution >= 4 is 29.8 Å². The van der Waals surface area contributed by atoms with Crippen LogP contribution in [0.5, 0.6) is 0 Å². The maximum absolute atomic E-state index is 5.27. The van der Waals surface area contributed by atoms with Gasteiger partial charge in [0.25, 0.3) is 0 Å². The van der Waals surface area contributed by atoms with Crippen LogP contribution in [0.4, 0.5) is 0 Å². The van der Waals surface area contributed by atoms with Crippen molar-refractivity contribution in [2.24, 2.45) is 0 Å². The third-order valence-corrected chi connectivity index (χ3v) is 7.91. The Labute approximate surface area is 143 Å². The van der Waals surface area contributed by atoms with E-state index in [2.05, 4.69) is 19.2 Å². The molecule has 0 N–H and O–H groups in total. The van der Waals surface area contributed by atoms with Gasteiger partial charge in [-0.3, -0.25) is 0 Å². The maximum Gasteiger partial charge on any atom is 0.334 e. The zero-order chi connectivity index (χ0) is 13.9. The lowest BCUT2D eigenvalue weighted by molar-refractivity contribution is 0.249. The van der Waals surface area contributed by atoms with Gasteiger partial charge in [0.2, 0.25) is 0 Å². The highest BCUT2D eigenvalue weighted by Crippen LogP contribution is 2.13. The minimum absolute atomic E-state index is 0. The maximum atomic E-state index is 5.27. The smallest absolute Gasteiger partial charge is 0.334 e. The van der Waals surface area contributed by atoms with Crippen LogP contribution in [0.1, 0.15) is 36.1 Å². The summed E-state index contributed by atoms with van der Waals surface area (Å²) in [7, 11) is 3.37. The molecule has 0 aromatic rings. The lowest BCUT2D eigenvalue weighted by Crippen LogP contribution is -2.35. The Morgan fingerprint density at radius 1 is 0.714 bits per heavy atom. The number of hydrogen-bond acceptors (Lipinski definition) is 5. The van der Waals surface area contributed by atoms with Crippen molar-refractivity contribution in [2.45, 2.75) is 61.8 Å². The van der Waals surface area contributed by atoms with E-state index < -0.39 is 17.1 Å². The minimum atomic E-state index is -1.77. The molecular formula is C14H44O4SSi2. The lowest BCUT2D eigenvalue weighted by Gasteiger charge is -2.21. The predicted molar refractivity (Wildman–Crippen MR) is 107 cm³/mol. The molecule has 0 fully saturated rings. The average Bonchev–Trinajstić information content (AvgIpc) is 2.36. The summed E-state index contributed by atoms with van der Waals surface area (Å²) in [4.78, 5) is 0. The Balaban J connectivity index is -0.0000000468. The molecule has 0 spiro atoms. The second-order valence-electron chi connectivity index (χ2n) is 4.18. The Morgan fingerprint density at radius 3 is 1.19 bits per heavy atom. The highest BCUT2D eigenvalue weighted by molar-refractivity contribution is 7.80. The molecule has 0 bridgehead atoms. The van der Waals surface area contributed by atoms with Crippen LogP contribution in [0.25, 0.3) is 0 Å². The Hall–Kier alpha value is 0.624. The van der Waals surface area contributed by atoms with Crippen LogP contribution < -0.4 is 0 Å². The molecule has 138 valence electrons. The van der Waals surface area contributed by atoms with Crippen molar-refractivity contribution in [3.05, 3.63) is 0 Å². The summed E-state index contributed by atoms with van der Waals surface area (Å²) >= 11 is 4.12. The zero-order valence-corrected chi connectivity index (χ0v) is 15.1. The molecule has 0 aliphatic heterocycles. The molecule has 0 aliphatic rings. The van der Waals surface area contributed by atoms with Crippen LogP contribution in [0.15, 0.2) is 0 Å². The summed E-state index contributed by atoms with van der Waals surface area (Å²) in [5.74, 6) is 0.912. The molecule has 0 amide bonds. The molecular weight excluding hydrogens is 320 g/mol. The molecule has 0 aliphatic carbocycles. The summed E-state index contributed by atoms with van der Waals surface area (Å²) in [6, 6.07) is 1.03. The van der Waals surface area contributed by atoms with E-state index in [9.17, 15) is 0 Å². The van der Waals surface area contributed by atoms with E-state index in [1.807, 2.05) is 13.1 Å². The fraction of sp³-hybridized carbons (Fsp3) is 1.00. The lowest BCUT2D eigenvalue weighted by atomic mass is 10.6. The molecule has 0 radical (unpaired) electrons. The summed E-state index contributed by atoms with van der Waals surface area (Å²) in [5.41, 5.74) is 0. The fourth-order valence-corrected chi connectivity index (χ4v) is 2.79. The van der Waals surface area contributed by atoms with Crippen molar-refractivity contribution in [2.75, 3.05) is 34.2 Å². The van der Waals surface area contributed by atoms with Gasteiger partial charge in [0, 0.05) is 28.4 Å². The summed E-state index contributed by atoms with van der Waals surface area (Å²) in [6.07, 6.45) is 1.08. The van der Waals surface area contributed by atoms with Crippen LogP contribution in [-0.4, -0.2) is 51.3 Å². The molecule has 7 heteroatoms. The van der Waals surface area contributed by atoms with Crippen molar-refractivity contribution < 1.29 is 17.7 Å². The molecule has 0 atom stereocenters. The standard InChI is InChI=1S/C6H16O2SSi.C4H12O2Si.4CH4/c1-7-10(3,8-2)6-4-5-9;1-5-7(3,4)6-2;;;;/h9H,4-6H2,1-3H3;1-4H3;4*1H4. The molecule has 0 saturated carbocycles. The molecule has 21 heavy (non-hydrogen) atoms. The van der Waals surface area contributed by atoms with Gasteiger partial charge >= 0.3 is 17.1 Å². The van der Waals surface area contributed by atoms with Crippen molar-refractivity contribution in [3.8, 4) is 0 Å². The second kappa shape index (κ2) is 20.6. The van der Waals surface area contributed by atoms with Crippen molar-refractivity contribution in [1.82, 2.24) is 0 Å². The molecule has 0 rings (SSSR count). The first-order valence-corrected chi connectivity index (χ1v) is 11.6. The van der Waals surface area contributed by atoms with Crippen LogP contribution in [0, 0.1) is 0 Å². The van der Waals surface area contributed by atoms with Crippen LogP contribution in [-0.2, 0) is 17.7 Å². The molecule has 4 nitrogen and oxygen atoms in total. The van der Waals surface area contributed by atoms with E-state index in [0.29, 0.717) is 0 Å². The molecule has 0 saturated heterocycles. The van der Waals surface area contributed by atoms with Gasteiger partial charge in [-0.25, -0.2) is 0 Å². The summed E-state index contributed by atoms with van der Waals surface area (Å²) in [6.45, 7) is 6.05. The SMILES string of the molecule is C.C.C.C.CO[Si](C)(C)OC.CO[Si](C)(CCCS)OC. The highest BCUT2D eigenvalue weighted by Gasteiger charge is 2.27. The van der Waals surface area contributed by atoms with Gasteiger partial charge in [-0.15, -0.1) is 0 Å². The molecule has 0 unspecified atom stereocenters. The Morgan fingerprint density at radius 2 is 1.05 bits per heavy atom. The minimum Gasteiger partial charge on any atom is -0.398 e. The van der Waals surface area contributed by atoms with Gasteiger partial charge < -0.3 is 17.7 Å². The topological polar surface area (TPSA) is 36.9 Å². The second-order valence-corrected chi connectivity index (χ2v) is 11.8. The van der Waals surface area contributed by atoms with Gasteiger partial charge in [0.1, 0.15) is 0 Å². The van der Waals surface area contributed by atoms with E-state index in [1.54, 1.807) is 28.4 Å². The first-order valence-electron chi connectivity index (χ1n) is 5.62. The molecule has 0 aromatic heterocycles. The van der Waals surface area contributed by atoms with Crippen molar-refractivity contribution in [1.29, 1.82) is 0 Å². The third-order valence-electron chi connectivity index (χ3n) is 2.64. The molecule has 0 heterocycles. The first-order chi connectivity index (χ1) is 7.80. The van der Waals surface area contributed by atoms with E-state index in [0.717, 1.165) is 18.2 Å². The van der Waals surface area contributed by atoms with E-state index in [4.69, 9.17) is 17.7 Å². The first kappa shape index (κ1) is 37.7. The van der Waals surface area contributed by atoms with Gasteiger partial charge in [0.15, 0.2) is 0 Å². The quantitative estimate of drug-likeness (QED) is 0.498. The van der Waals surface area contributed by atoms with E-state index in [1.165, 1.54) is 0 Å². The van der Waals surface area contributed by atoms with Gasteiger partial charge in [-0.2, -0.15) is 12.6 Å². The summed E-state index contributed by atoms with van der Waals surface area (Å²) < 4.78 is 20.6. The fourth-order valence-electron chi connectivity index (χ4n) is 0.771. The Bertz CT molecular complexity index is 174. The third kappa shape index (κ3) is 23.0.